The van der Waals surface area contributed by atoms with Gasteiger partial charge in [-0.3, -0.25) is 9.59 Å². The van der Waals surface area contributed by atoms with Crippen LogP contribution in [0.2, 0.25) is 5.02 Å². The number of alkyl halides is 3. The van der Waals surface area contributed by atoms with Crippen molar-refractivity contribution in [2.75, 3.05) is 11.1 Å². The van der Waals surface area contributed by atoms with Crippen LogP contribution in [-0.4, -0.2) is 21.9 Å². The molecule has 0 atom stereocenters. The number of nitrogens with zero attached hydrogens (tertiary/aromatic N) is 1. The zero-order valence-electron chi connectivity index (χ0n) is 14.5. The fraction of sp³-hybridized carbons (Fsp3) is 0.105. The van der Waals surface area contributed by atoms with Gasteiger partial charge >= 0.3 is 6.18 Å². The number of amides is 2. The number of carbonyl (C=O) groups is 2. The van der Waals surface area contributed by atoms with E-state index in [0.717, 1.165) is 41.2 Å². The lowest BCUT2D eigenvalue weighted by Gasteiger charge is -2.11. The molecule has 1 aliphatic heterocycles. The molecule has 0 radical (unpaired) electrons. The largest absolute Gasteiger partial charge is 0.417 e. The molecule has 0 fully saturated rings. The standard InChI is InChI=1S/C19H12ClF3N2O2S2/c20-14-7-6-12(9-13(14)19(21,22)23)24-16(26)10-28-18-25-17(27)15(29-18)8-11-4-2-1-3-5-11/h1-9H,10H2,(H,24,26). The number of carbonyl (C=O) groups excluding carboxylic acids is 2. The highest BCUT2D eigenvalue weighted by Crippen LogP contribution is 2.36. The lowest BCUT2D eigenvalue weighted by molar-refractivity contribution is -0.137. The Hall–Kier alpha value is -2.23. The van der Waals surface area contributed by atoms with Crippen molar-refractivity contribution in [2.24, 2.45) is 4.99 Å². The Labute approximate surface area is 177 Å². The molecule has 0 spiro atoms. The Balaban J connectivity index is 1.57. The monoisotopic (exact) mass is 456 g/mol. The Bertz CT molecular complexity index is 1010. The first-order valence-corrected chi connectivity index (χ1v) is 10.3. The normalized spacial score (nSPS) is 15.5. The second kappa shape index (κ2) is 9.06. The van der Waals surface area contributed by atoms with Crippen molar-refractivity contribution in [1.82, 2.24) is 0 Å². The van der Waals surface area contributed by atoms with Gasteiger partial charge in [-0.2, -0.15) is 18.2 Å². The van der Waals surface area contributed by atoms with Gasteiger partial charge in [0, 0.05) is 5.69 Å². The molecule has 0 aliphatic carbocycles. The number of benzene rings is 2. The van der Waals surface area contributed by atoms with Gasteiger partial charge in [0.25, 0.3) is 5.91 Å². The summed E-state index contributed by atoms with van der Waals surface area (Å²) in [7, 11) is 0. The van der Waals surface area contributed by atoms with Crippen molar-refractivity contribution in [3.63, 3.8) is 0 Å². The molecule has 1 heterocycles. The number of hydrogen-bond acceptors (Lipinski definition) is 4. The molecule has 0 saturated carbocycles. The first-order chi connectivity index (χ1) is 13.7. The van der Waals surface area contributed by atoms with E-state index < -0.39 is 28.6 Å². The number of nitrogens with one attached hydrogen (secondary N) is 1. The third-order valence-corrected chi connectivity index (χ3v) is 6.04. The smallest absolute Gasteiger partial charge is 0.325 e. The summed E-state index contributed by atoms with van der Waals surface area (Å²) in [5.41, 5.74) is -0.193. The van der Waals surface area contributed by atoms with Gasteiger partial charge in [-0.25, -0.2) is 0 Å². The zero-order valence-corrected chi connectivity index (χ0v) is 16.9. The molecule has 4 nitrogen and oxygen atoms in total. The van der Waals surface area contributed by atoms with E-state index >= 15 is 0 Å². The van der Waals surface area contributed by atoms with E-state index in [9.17, 15) is 22.8 Å². The van der Waals surface area contributed by atoms with Crippen LogP contribution in [0.5, 0.6) is 0 Å². The number of thioether (sulfide) groups is 2. The fourth-order valence-electron chi connectivity index (χ4n) is 2.30. The average molecular weight is 457 g/mol. The minimum atomic E-state index is -4.62. The fourth-order valence-corrected chi connectivity index (χ4v) is 4.32. The summed E-state index contributed by atoms with van der Waals surface area (Å²) in [6.07, 6.45) is -2.92. The molecule has 10 heteroatoms. The number of rotatable bonds is 4. The number of aliphatic imine (C=N–C) groups is 1. The Morgan fingerprint density at radius 1 is 1.21 bits per heavy atom. The van der Waals surface area contributed by atoms with Crippen LogP contribution in [0.3, 0.4) is 0 Å². The molecule has 1 N–H and O–H groups in total. The van der Waals surface area contributed by atoms with Crippen LogP contribution >= 0.6 is 35.1 Å². The molecule has 150 valence electrons. The maximum absolute atomic E-state index is 12.9. The SMILES string of the molecule is O=C(CSC1=NC(=O)C(=Cc2ccccc2)S1)Nc1ccc(Cl)c(C(F)(F)F)c1. The minimum Gasteiger partial charge on any atom is -0.325 e. The molecule has 0 saturated heterocycles. The van der Waals surface area contributed by atoms with Crippen LogP contribution in [0.1, 0.15) is 11.1 Å². The van der Waals surface area contributed by atoms with Crippen molar-refractivity contribution in [1.29, 1.82) is 0 Å². The van der Waals surface area contributed by atoms with Crippen LogP contribution < -0.4 is 5.32 Å². The summed E-state index contributed by atoms with van der Waals surface area (Å²) in [5.74, 6) is -1.03. The Morgan fingerprint density at radius 3 is 2.62 bits per heavy atom. The van der Waals surface area contributed by atoms with E-state index in [1.54, 1.807) is 6.08 Å². The zero-order chi connectivity index (χ0) is 21.0. The molecule has 29 heavy (non-hydrogen) atoms. The number of hydrogen-bond donors (Lipinski definition) is 1. The summed E-state index contributed by atoms with van der Waals surface area (Å²) in [4.78, 5) is 28.4. The topological polar surface area (TPSA) is 58.5 Å². The summed E-state index contributed by atoms with van der Waals surface area (Å²) in [6, 6.07) is 12.4. The predicted octanol–water partition coefficient (Wildman–Crippen LogP) is 5.70. The minimum absolute atomic E-state index is 0.0194. The Kier molecular flexibility index (Phi) is 6.71. The first kappa shape index (κ1) is 21.5. The van der Waals surface area contributed by atoms with E-state index in [2.05, 4.69) is 10.3 Å². The van der Waals surface area contributed by atoms with Crippen molar-refractivity contribution in [3.8, 4) is 0 Å². The highest BCUT2D eigenvalue weighted by molar-refractivity contribution is 8.41. The van der Waals surface area contributed by atoms with Gasteiger partial charge in [0.1, 0.15) is 4.38 Å². The van der Waals surface area contributed by atoms with Crippen molar-refractivity contribution in [3.05, 3.63) is 69.6 Å². The molecule has 0 unspecified atom stereocenters. The molecule has 0 bridgehead atoms. The number of anilines is 1. The van der Waals surface area contributed by atoms with Crippen molar-refractivity contribution in [2.45, 2.75) is 6.18 Å². The molecular weight excluding hydrogens is 445 g/mol. The molecular formula is C19H12ClF3N2O2S2. The summed E-state index contributed by atoms with van der Waals surface area (Å²) in [6.45, 7) is 0. The third kappa shape index (κ3) is 5.88. The molecule has 2 aromatic rings. The van der Waals surface area contributed by atoms with Crippen LogP contribution in [0.4, 0.5) is 18.9 Å². The van der Waals surface area contributed by atoms with Crippen LogP contribution in [0.25, 0.3) is 6.08 Å². The highest BCUT2D eigenvalue weighted by atomic mass is 35.5. The number of halogens is 4. The molecule has 2 amide bonds. The van der Waals surface area contributed by atoms with Crippen molar-refractivity contribution >= 4 is 63.1 Å². The molecule has 1 aliphatic rings. The average Bonchev–Trinajstić information content (AvgIpc) is 3.01. The second-order valence-electron chi connectivity index (χ2n) is 5.73. The second-order valence-corrected chi connectivity index (χ2v) is 8.39. The van der Waals surface area contributed by atoms with Crippen molar-refractivity contribution < 1.29 is 22.8 Å². The van der Waals surface area contributed by atoms with Gasteiger partial charge in [-0.05, 0) is 29.8 Å². The highest BCUT2D eigenvalue weighted by Gasteiger charge is 2.33. The third-order valence-electron chi connectivity index (χ3n) is 3.58. The van der Waals surface area contributed by atoms with Crippen LogP contribution in [0.15, 0.2) is 58.4 Å². The van der Waals surface area contributed by atoms with Gasteiger partial charge in [0.05, 0.1) is 21.2 Å². The van der Waals surface area contributed by atoms with E-state index in [1.807, 2.05) is 30.3 Å². The van der Waals surface area contributed by atoms with Gasteiger partial charge in [0.2, 0.25) is 5.91 Å². The Morgan fingerprint density at radius 2 is 1.93 bits per heavy atom. The van der Waals surface area contributed by atoms with E-state index in [4.69, 9.17) is 11.6 Å². The van der Waals surface area contributed by atoms with Gasteiger partial charge in [-0.1, -0.05) is 65.5 Å². The maximum Gasteiger partial charge on any atom is 0.417 e. The maximum atomic E-state index is 12.9. The quantitative estimate of drug-likeness (QED) is 0.599. The van der Waals surface area contributed by atoms with Gasteiger partial charge in [-0.15, -0.1) is 0 Å². The van der Waals surface area contributed by atoms with Crippen LogP contribution in [0, 0.1) is 0 Å². The molecule has 2 aromatic carbocycles. The predicted molar refractivity (Wildman–Crippen MR) is 112 cm³/mol. The first-order valence-electron chi connectivity index (χ1n) is 8.09. The van der Waals surface area contributed by atoms with Gasteiger partial charge in [0.15, 0.2) is 0 Å². The van der Waals surface area contributed by atoms with E-state index in [-0.39, 0.29) is 11.4 Å². The summed E-state index contributed by atoms with van der Waals surface area (Å²) >= 11 is 7.74. The van der Waals surface area contributed by atoms with Crippen LogP contribution in [-0.2, 0) is 15.8 Å². The lowest BCUT2D eigenvalue weighted by atomic mass is 10.2. The van der Waals surface area contributed by atoms with Gasteiger partial charge < -0.3 is 5.32 Å². The summed E-state index contributed by atoms with van der Waals surface area (Å²) < 4.78 is 39.1. The van der Waals surface area contributed by atoms with E-state index in [0.29, 0.717) is 9.28 Å². The molecule has 3 rings (SSSR count). The lowest BCUT2D eigenvalue weighted by Crippen LogP contribution is -2.15. The molecule has 0 aromatic heterocycles. The summed E-state index contributed by atoms with van der Waals surface area (Å²) in [5, 5.41) is 1.94. The van der Waals surface area contributed by atoms with E-state index in [1.165, 1.54) is 6.07 Å².